The highest BCUT2D eigenvalue weighted by molar-refractivity contribution is 5.72. The van der Waals surface area contributed by atoms with E-state index in [1.165, 1.54) is 7.11 Å². The maximum Gasteiger partial charge on any atom is 0.309 e. The van der Waals surface area contributed by atoms with E-state index in [4.69, 9.17) is 9.47 Å². The number of nitrogens with one attached hydrogen (secondary N) is 1. The third-order valence-corrected chi connectivity index (χ3v) is 2.71. The molecule has 0 aliphatic heterocycles. The fourth-order valence-electron chi connectivity index (χ4n) is 1.42. The van der Waals surface area contributed by atoms with E-state index < -0.39 is 0 Å². The number of ether oxygens (including phenoxy) is 2. The lowest BCUT2D eigenvalue weighted by molar-refractivity contribution is -0.145. The quantitative estimate of drug-likeness (QED) is 0.676. The van der Waals surface area contributed by atoms with E-state index in [0.717, 1.165) is 0 Å². The number of carbonyl (C=O) groups is 1. The highest BCUT2D eigenvalue weighted by Crippen LogP contribution is 2.10. The van der Waals surface area contributed by atoms with Gasteiger partial charge in [-0.25, -0.2) is 0 Å². The van der Waals surface area contributed by atoms with Crippen molar-refractivity contribution < 1.29 is 14.3 Å². The summed E-state index contributed by atoms with van der Waals surface area (Å²) in [7, 11) is 1.41. The summed E-state index contributed by atoms with van der Waals surface area (Å²) in [5.41, 5.74) is -0.209. The average molecular weight is 231 g/mol. The van der Waals surface area contributed by atoms with Crippen LogP contribution >= 0.6 is 0 Å². The number of esters is 1. The molecule has 96 valence electrons. The molecule has 0 spiro atoms. The Morgan fingerprint density at radius 2 is 1.94 bits per heavy atom. The van der Waals surface area contributed by atoms with Crippen LogP contribution in [-0.4, -0.2) is 37.9 Å². The van der Waals surface area contributed by atoms with Crippen molar-refractivity contribution in [1.82, 2.24) is 5.32 Å². The number of hydrogen-bond donors (Lipinski definition) is 1. The highest BCUT2D eigenvalue weighted by Gasteiger charge is 2.24. The van der Waals surface area contributed by atoms with Gasteiger partial charge in [0.25, 0.3) is 0 Å². The lowest BCUT2D eigenvalue weighted by atomic mass is 10.0. The Labute approximate surface area is 98.7 Å². The number of carbonyl (C=O) groups excluding carboxylic acids is 1. The van der Waals surface area contributed by atoms with Crippen molar-refractivity contribution in [3.8, 4) is 0 Å². The zero-order chi connectivity index (χ0) is 12.8. The molecule has 0 aliphatic rings. The summed E-state index contributed by atoms with van der Waals surface area (Å²) in [5.74, 6) is -0.336. The van der Waals surface area contributed by atoms with E-state index >= 15 is 0 Å². The Balaban J connectivity index is 4.06. The van der Waals surface area contributed by atoms with Gasteiger partial charge >= 0.3 is 5.97 Å². The van der Waals surface area contributed by atoms with Crippen molar-refractivity contribution >= 4 is 5.97 Å². The van der Waals surface area contributed by atoms with Crippen LogP contribution < -0.4 is 5.32 Å². The molecule has 0 aromatic rings. The lowest BCUT2D eigenvalue weighted by Crippen LogP contribution is -2.45. The van der Waals surface area contributed by atoms with Gasteiger partial charge in [0.2, 0.25) is 0 Å². The first-order chi connectivity index (χ1) is 7.34. The van der Waals surface area contributed by atoms with Crippen molar-refractivity contribution in [3.63, 3.8) is 0 Å². The number of methoxy groups -OCH3 is 1. The maximum absolute atomic E-state index is 11.3. The molecule has 0 fully saturated rings. The van der Waals surface area contributed by atoms with Crippen molar-refractivity contribution in [2.24, 2.45) is 5.92 Å². The lowest BCUT2D eigenvalue weighted by Gasteiger charge is -2.28. The predicted molar refractivity (Wildman–Crippen MR) is 64.3 cm³/mol. The zero-order valence-electron chi connectivity index (χ0n) is 11.3. The molecular formula is C12H25NO3. The van der Waals surface area contributed by atoms with Gasteiger partial charge in [-0.1, -0.05) is 6.92 Å². The Kier molecular flexibility index (Phi) is 6.60. The second-order valence-corrected chi connectivity index (χ2v) is 4.67. The second-order valence-electron chi connectivity index (χ2n) is 4.67. The molecule has 0 bridgehead atoms. The fourth-order valence-corrected chi connectivity index (χ4v) is 1.42. The molecule has 0 amide bonds. The molecule has 0 rings (SSSR count). The zero-order valence-corrected chi connectivity index (χ0v) is 11.3. The maximum atomic E-state index is 11.3. The van der Waals surface area contributed by atoms with Crippen LogP contribution in [0.25, 0.3) is 0 Å². The van der Waals surface area contributed by atoms with E-state index in [1.54, 1.807) is 0 Å². The second kappa shape index (κ2) is 6.86. The van der Waals surface area contributed by atoms with Crippen LogP contribution in [0.3, 0.4) is 0 Å². The minimum absolute atomic E-state index is 0.0761. The van der Waals surface area contributed by atoms with Crippen LogP contribution in [0, 0.1) is 5.92 Å². The highest BCUT2D eigenvalue weighted by atomic mass is 16.5. The van der Waals surface area contributed by atoms with Gasteiger partial charge in [0.1, 0.15) is 0 Å². The van der Waals surface area contributed by atoms with Gasteiger partial charge in [0.05, 0.1) is 18.6 Å². The van der Waals surface area contributed by atoms with Gasteiger partial charge < -0.3 is 14.8 Å². The van der Waals surface area contributed by atoms with Gasteiger partial charge in [0.15, 0.2) is 0 Å². The summed E-state index contributed by atoms with van der Waals surface area (Å²) in [6.45, 7) is 11.3. The molecule has 0 aromatic carbocycles. The molecule has 2 atom stereocenters. The number of rotatable bonds is 7. The number of hydrogen-bond acceptors (Lipinski definition) is 4. The Morgan fingerprint density at radius 3 is 2.38 bits per heavy atom. The molecule has 4 heteroatoms. The standard InChI is InChI=1S/C12H25NO3/c1-7-16-12(4,5)8-13-10(3)9(2)11(14)15-6/h9-10,13H,7-8H2,1-6H3. The molecule has 0 saturated carbocycles. The van der Waals surface area contributed by atoms with Crippen molar-refractivity contribution in [1.29, 1.82) is 0 Å². The predicted octanol–water partition coefficient (Wildman–Crippen LogP) is 1.59. The summed E-state index contributed by atoms with van der Waals surface area (Å²) in [5, 5.41) is 3.30. The molecule has 0 saturated heterocycles. The van der Waals surface area contributed by atoms with E-state index in [-0.39, 0.29) is 23.5 Å². The van der Waals surface area contributed by atoms with Gasteiger partial charge in [-0.05, 0) is 27.7 Å². The van der Waals surface area contributed by atoms with Crippen LogP contribution in [0.4, 0.5) is 0 Å². The van der Waals surface area contributed by atoms with E-state index in [2.05, 4.69) is 5.32 Å². The van der Waals surface area contributed by atoms with Gasteiger partial charge in [0, 0.05) is 19.2 Å². The van der Waals surface area contributed by atoms with Gasteiger partial charge in [-0.2, -0.15) is 0 Å². The molecule has 16 heavy (non-hydrogen) atoms. The largest absolute Gasteiger partial charge is 0.469 e. The summed E-state index contributed by atoms with van der Waals surface area (Å²) in [4.78, 5) is 11.3. The third kappa shape index (κ3) is 5.47. The first kappa shape index (κ1) is 15.4. The van der Waals surface area contributed by atoms with Crippen LogP contribution in [0.5, 0.6) is 0 Å². The topological polar surface area (TPSA) is 47.6 Å². The first-order valence-electron chi connectivity index (χ1n) is 5.79. The molecule has 2 unspecified atom stereocenters. The fraction of sp³-hybridized carbons (Fsp3) is 0.917. The van der Waals surface area contributed by atoms with Crippen LogP contribution in [0.2, 0.25) is 0 Å². The Morgan fingerprint density at radius 1 is 1.38 bits per heavy atom. The molecule has 0 heterocycles. The smallest absolute Gasteiger partial charge is 0.309 e. The normalized spacial score (nSPS) is 15.6. The molecule has 1 N–H and O–H groups in total. The summed E-state index contributed by atoms with van der Waals surface area (Å²) < 4.78 is 10.3. The average Bonchev–Trinajstić information content (AvgIpc) is 2.23. The van der Waals surface area contributed by atoms with Gasteiger partial charge in [-0.3, -0.25) is 4.79 Å². The SMILES string of the molecule is CCOC(C)(C)CNC(C)C(C)C(=O)OC. The third-order valence-electron chi connectivity index (χ3n) is 2.71. The summed E-state index contributed by atoms with van der Waals surface area (Å²) in [6.07, 6.45) is 0. The minimum Gasteiger partial charge on any atom is -0.469 e. The Hall–Kier alpha value is -0.610. The van der Waals surface area contributed by atoms with E-state index in [0.29, 0.717) is 13.2 Å². The molecule has 0 aliphatic carbocycles. The first-order valence-corrected chi connectivity index (χ1v) is 5.79. The molecule has 0 aromatic heterocycles. The summed E-state index contributed by atoms with van der Waals surface area (Å²) >= 11 is 0. The molecule has 4 nitrogen and oxygen atoms in total. The Bertz CT molecular complexity index is 216. The van der Waals surface area contributed by atoms with Crippen molar-refractivity contribution in [2.45, 2.75) is 46.3 Å². The molecule has 0 radical (unpaired) electrons. The van der Waals surface area contributed by atoms with Crippen LogP contribution in [0.15, 0.2) is 0 Å². The van der Waals surface area contributed by atoms with E-state index in [9.17, 15) is 4.79 Å². The molecular weight excluding hydrogens is 206 g/mol. The summed E-state index contributed by atoms with van der Waals surface area (Å²) in [6, 6.07) is 0.0761. The van der Waals surface area contributed by atoms with Crippen LogP contribution in [-0.2, 0) is 14.3 Å². The monoisotopic (exact) mass is 231 g/mol. The minimum atomic E-state index is -0.209. The van der Waals surface area contributed by atoms with Crippen LogP contribution in [0.1, 0.15) is 34.6 Å². The van der Waals surface area contributed by atoms with Gasteiger partial charge in [-0.15, -0.1) is 0 Å². The van der Waals surface area contributed by atoms with E-state index in [1.807, 2.05) is 34.6 Å². The van der Waals surface area contributed by atoms with Crippen molar-refractivity contribution in [2.75, 3.05) is 20.3 Å². The van der Waals surface area contributed by atoms with Crippen molar-refractivity contribution in [3.05, 3.63) is 0 Å².